The van der Waals surface area contributed by atoms with Gasteiger partial charge in [0.2, 0.25) is 5.91 Å². The van der Waals surface area contributed by atoms with Gasteiger partial charge < -0.3 is 14.7 Å². The zero-order valence-electron chi connectivity index (χ0n) is 15.4. The van der Waals surface area contributed by atoms with Crippen LogP contribution in [0.5, 0.6) is 0 Å². The lowest BCUT2D eigenvalue weighted by Gasteiger charge is -2.15. The highest BCUT2D eigenvalue weighted by Crippen LogP contribution is 2.20. The van der Waals surface area contributed by atoms with E-state index in [9.17, 15) is 9.59 Å². The van der Waals surface area contributed by atoms with E-state index in [1.807, 2.05) is 35.2 Å². The number of carbonyl (C=O) groups is 2. The maximum absolute atomic E-state index is 12.5. The molecule has 1 aliphatic rings. The fourth-order valence-electron chi connectivity index (χ4n) is 3.34. The van der Waals surface area contributed by atoms with Gasteiger partial charge in [0.1, 0.15) is 0 Å². The van der Waals surface area contributed by atoms with Gasteiger partial charge in [-0.2, -0.15) is 0 Å². The first-order chi connectivity index (χ1) is 13.7. The standard InChI is InChI=1S/C22H21N3O3/c26-21(15-19-14-20(28-24-19)16-7-2-1-3-8-16)23-18-10-6-9-17(13-18)22(27)25-11-4-5-12-25/h1-3,6-10,13-14H,4-5,11-12,15H2,(H,23,26). The molecule has 0 radical (unpaired) electrons. The van der Waals surface area contributed by atoms with Crippen LogP contribution < -0.4 is 5.32 Å². The van der Waals surface area contributed by atoms with Gasteiger partial charge in [-0.3, -0.25) is 9.59 Å². The zero-order valence-corrected chi connectivity index (χ0v) is 15.4. The molecule has 142 valence electrons. The van der Waals surface area contributed by atoms with E-state index >= 15 is 0 Å². The molecular formula is C22H21N3O3. The molecule has 0 saturated carbocycles. The fraction of sp³-hybridized carbons (Fsp3) is 0.227. The maximum Gasteiger partial charge on any atom is 0.253 e. The number of anilines is 1. The Bertz CT molecular complexity index is 975. The molecule has 1 aromatic heterocycles. The van der Waals surface area contributed by atoms with E-state index in [1.54, 1.807) is 30.3 Å². The first-order valence-electron chi connectivity index (χ1n) is 9.39. The summed E-state index contributed by atoms with van der Waals surface area (Å²) in [5, 5.41) is 6.81. The molecule has 1 saturated heterocycles. The topological polar surface area (TPSA) is 75.4 Å². The van der Waals surface area contributed by atoms with Crippen molar-refractivity contribution in [2.24, 2.45) is 0 Å². The lowest BCUT2D eigenvalue weighted by Crippen LogP contribution is -2.27. The van der Waals surface area contributed by atoms with Crippen molar-refractivity contribution in [2.45, 2.75) is 19.3 Å². The van der Waals surface area contributed by atoms with Crippen LogP contribution in [0.2, 0.25) is 0 Å². The van der Waals surface area contributed by atoms with Gasteiger partial charge in [-0.25, -0.2) is 0 Å². The number of likely N-dealkylation sites (tertiary alicyclic amines) is 1. The third kappa shape index (κ3) is 4.11. The summed E-state index contributed by atoms with van der Waals surface area (Å²) in [6, 6.07) is 18.4. The van der Waals surface area contributed by atoms with Gasteiger partial charge in [-0.15, -0.1) is 0 Å². The van der Waals surface area contributed by atoms with Crippen molar-refractivity contribution in [3.63, 3.8) is 0 Å². The minimum Gasteiger partial charge on any atom is -0.356 e. The quantitative estimate of drug-likeness (QED) is 0.737. The smallest absolute Gasteiger partial charge is 0.253 e. The third-order valence-electron chi connectivity index (χ3n) is 4.75. The third-order valence-corrected chi connectivity index (χ3v) is 4.75. The van der Waals surface area contributed by atoms with Gasteiger partial charge in [-0.1, -0.05) is 41.6 Å². The summed E-state index contributed by atoms with van der Waals surface area (Å²) in [6.45, 7) is 1.59. The summed E-state index contributed by atoms with van der Waals surface area (Å²) in [7, 11) is 0. The first-order valence-corrected chi connectivity index (χ1v) is 9.39. The Hall–Kier alpha value is -3.41. The minimum atomic E-state index is -0.210. The summed E-state index contributed by atoms with van der Waals surface area (Å²) < 4.78 is 5.33. The number of amides is 2. The second kappa shape index (κ2) is 8.08. The van der Waals surface area contributed by atoms with Crippen LogP contribution >= 0.6 is 0 Å². The molecule has 0 spiro atoms. The Kier molecular flexibility index (Phi) is 5.19. The predicted octanol–water partition coefficient (Wildman–Crippen LogP) is 3.76. The summed E-state index contributed by atoms with van der Waals surface area (Å²) in [6.07, 6.45) is 2.19. The summed E-state index contributed by atoms with van der Waals surface area (Å²) >= 11 is 0. The average Bonchev–Trinajstić information content (AvgIpc) is 3.40. The van der Waals surface area contributed by atoms with E-state index in [1.165, 1.54) is 0 Å². The van der Waals surface area contributed by atoms with E-state index < -0.39 is 0 Å². The SMILES string of the molecule is O=C(Cc1cc(-c2ccccc2)on1)Nc1cccc(C(=O)N2CCCC2)c1. The first kappa shape index (κ1) is 18.0. The summed E-state index contributed by atoms with van der Waals surface area (Å²) in [5.41, 5.74) is 2.66. The molecule has 1 fully saturated rings. The zero-order chi connectivity index (χ0) is 19.3. The van der Waals surface area contributed by atoms with Crippen LogP contribution in [0.1, 0.15) is 28.9 Å². The average molecular weight is 375 g/mol. The molecule has 3 aromatic rings. The van der Waals surface area contributed by atoms with Gasteiger partial charge in [0.05, 0.1) is 12.1 Å². The van der Waals surface area contributed by atoms with Crippen molar-refractivity contribution < 1.29 is 14.1 Å². The fourth-order valence-corrected chi connectivity index (χ4v) is 3.34. The molecule has 1 N–H and O–H groups in total. The highest BCUT2D eigenvalue weighted by atomic mass is 16.5. The van der Waals surface area contributed by atoms with Crippen molar-refractivity contribution in [1.82, 2.24) is 10.1 Å². The van der Waals surface area contributed by atoms with Gasteiger partial charge in [0.25, 0.3) is 5.91 Å². The Morgan fingerprint density at radius 1 is 1.00 bits per heavy atom. The van der Waals surface area contributed by atoms with Gasteiger partial charge in [0.15, 0.2) is 5.76 Å². The Morgan fingerprint density at radius 2 is 1.79 bits per heavy atom. The van der Waals surface area contributed by atoms with Crippen LogP contribution in [0, 0.1) is 0 Å². The maximum atomic E-state index is 12.5. The number of rotatable bonds is 5. The molecule has 4 rings (SSSR count). The second-order valence-corrected chi connectivity index (χ2v) is 6.85. The van der Waals surface area contributed by atoms with Crippen LogP contribution in [0.15, 0.2) is 65.2 Å². The van der Waals surface area contributed by atoms with E-state index in [2.05, 4.69) is 10.5 Å². The van der Waals surface area contributed by atoms with Crippen molar-refractivity contribution >= 4 is 17.5 Å². The number of carbonyl (C=O) groups excluding carboxylic acids is 2. The van der Waals surface area contributed by atoms with Crippen molar-refractivity contribution in [2.75, 3.05) is 18.4 Å². The molecular weight excluding hydrogens is 354 g/mol. The molecule has 0 atom stereocenters. The number of nitrogens with zero attached hydrogens (tertiary/aromatic N) is 2. The highest BCUT2D eigenvalue weighted by Gasteiger charge is 2.19. The van der Waals surface area contributed by atoms with Gasteiger partial charge in [-0.05, 0) is 31.0 Å². The molecule has 1 aliphatic heterocycles. The van der Waals surface area contributed by atoms with Gasteiger partial charge in [0, 0.05) is 36.0 Å². The number of hydrogen-bond donors (Lipinski definition) is 1. The molecule has 0 unspecified atom stereocenters. The van der Waals surface area contributed by atoms with E-state index in [4.69, 9.17) is 4.52 Å². The van der Waals surface area contributed by atoms with Crippen molar-refractivity contribution in [3.8, 4) is 11.3 Å². The Balaban J connectivity index is 1.39. The second-order valence-electron chi connectivity index (χ2n) is 6.85. The lowest BCUT2D eigenvalue weighted by molar-refractivity contribution is -0.115. The molecule has 0 aliphatic carbocycles. The number of aromatic nitrogens is 1. The van der Waals surface area contributed by atoms with E-state index in [0.29, 0.717) is 22.7 Å². The molecule has 2 heterocycles. The van der Waals surface area contributed by atoms with E-state index in [0.717, 1.165) is 31.5 Å². The van der Waals surface area contributed by atoms with Crippen LogP contribution in [-0.4, -0.2) is 35.0 Å². The molecule has 6 heteroatoms. The predicted molar refractivity (Wildman–Crippen MR) is 106 cm³/mol. The van der Waals surface area contributed by atoms with Crippen molar-refractivity contribution in [3.05, 3.63) is 71.9 Å². The monoisotopic (exact) mass is 375 g/mol. The van der Waals surface area contributed by atoms with Crippen LogP contribution in [-0.2, 0) is 11.2 Å². The Labute approximate surface area is 163 Å². The summed E-state index contributed by atoms with van der Waals surface area (Å²) in [5.74, 6) is 0.429. The Morgan fingerprint density at radius 3 is 2.57 bits per heavy atom. The number of nitrogens with one attached hydrogen (secondary N) is 1. The highest BCUT2D eigenvalue weighted by molar-refractivity contribution is 5.97. The molecule has 28 heavy (non-hydrogen) atoms. The largest absolute Gasteiger partial charge is 0.356 e. The number of benzene rings is 2. The van der Waals surface area contributed by atoms with Crippen molar-refractivity contribution in [1.29, 1.82) is 0 Å². The molecule has 2 amide bonds. The van der Waals surface area contributed by atoms with Crippen LogP contribution in [0.25, 0.3) is 11.3 Å². The molecule has 6 nitrogen and oxygen atoms in total. The summed E-state index contributed by atoms with van der Waals surface area (Å²) in [4.78, 5) is 26.7. The lowest BCUT2D eigenvalue weighted by atomic mass is 10.1. The number of hydrogen-bond acceptors (Lipinski definition) is 4. The van der Waals surface area contributed by atoms with Crippen LogP contribution in [0.3, 0.4) is 0 Å². The van der Waals surface area contributed by atoms with E-state index in [-0.39, 0.29) is 18.2 Å². The normalized spacial score (nSPS) is 13.5. The van der Waals surface area contributed by atoms with Gasteiger partial charge >= 0.3 is 0 Å². The van der Waals surface area contributed by atoms with Crippen LogP contribution in [0.4, 0.5) is 5.69 Å². The molecule has 2 aromatic carbocycles. The molecule has 0 bridgehead atoms. The minimum absolute atomic E-state index is 0.0117.